The van der Waals surface area contributed by atoms with Crippen LogP contribution >= 0.6 is 23.4 Å². The molecule has 136 valence electrons. The van der Waals surface area contributed by atoms with Gasteiger partial charge in [0, 0.05) is 16.8 Å². The Balaban J connectivity index is 1.86. The summed E-state index contributed by atoms with van der Waals surface area (Å²) in [7, 11) is 0. The molecule has 0 saturated heterocycles. The van der Waals surface area contributed by atoms with Crippen LogP contribution in [-0.2, 0) is 0 Å². The monoisotopic (exact) mass is 401 g/mol. The maximum Gasteiger partial charge on any atom is 0.256 e. The summed E-state index contributed by atoms with van der Waals surface area (Å²) in [4.78, 5) is 19.5. The number of pyridine rings is 2. The normalized spacial score (nSPS) is 11.1. The minimum atomic E-state index is -0.520. The lowest BCUT2D eigenvalue weighted by atomic mass is 10.1. The molecule has 0 aliphatic carbocycles. The van der Waals surface area contributed by atoms with E-state index in [-0.39, 0.29) is 11.1 Å². The highest BCUT2D eigenvalue weighted by Crippen LogP contribution is 2.32. The Kier molecular flexibility index (Phi) is 4.59. The summed E-state index contributed by atoms with van der Waals surface area (Å²) < 4.78 is 14.3. The SMILES string of the molecule is CSc1[nH]c(=O)c(-c2cc(Cl)ccc2F)cc1Nc1ccnc2[nH]ncc12. The molecule has 9 heteroatoms. The second-order valence-electron chi connectivity index (χ2n) is 5.70. The van der Waals surface area contributed by atoms with E-state index in [4.69, 9.17) is 11.6 Å². The largest absolute Gasteiger partial charge is 0.353 e. The van der Waals surface area contributed by atoms with Crippen LogP contribution in [0.1, 0.15) is 0 Å². The van der Waals surface area contributed by atoms with Crippen LogP contribution in [0.25, 0.3) is 22.2 Å². The number of nitrogens with zero attached hydrogens (tertiary/aromatic N) is 2. The van der Waals surface area contributed by atoms with E-state index in [1.807, 2.05) is 6.26 Å². The second-order valence-corrected chi connectivity index (χ2v) is 6.95. The van der Waals surface area contributed by atoms with Crippen molar-refractivity contribution in [2.24, 2.45) is 0 Å². The van der Waals surface area contributed by atoms with Gasteiger partial charge in [0.05, 0.1) is 33.5 Å². The van der Waals surface area contributed by atoms with Gasteiger partial charge in [0.25, 0.3) is 5.56 Å². The summed E-state index contributed by atoms with van der Waals surface area (Å²) in [5, 5.41) is 11.8. The fourth-order valence-corrected chi connectivity index (χ4v) is 3.47. The molecule has 0 atom stereocenters. The first-order chi connectivity index (χ1) is 13.1. The maximum absolute atomic E-state index is 14.3. The number of thioether (sulfide) groups is 1. The van der Waals surface area contributed by atoms with Crippen molar-refractivity contribution in [1.29, 1.82) is 0 Å². The maximum atomic E-state index is 14.3. The minimum Gasteiger partial charge on any atom is -0.353 e. The molecule has 4 aromatic rings. The number of H-pyrrole nitrogens is 2. The fourth-order valence-electron chi connectivity index (χ4n) is 2.78. The molecule has 0 saturated carbocycles. The molecule has 3 N–H and O–H groups in total. The molecule has 0 aliphatic heterocycles. The standard InChI is InChI=1S/C18H13ClFN5OS/c1-27-18-15(23-14-4-5-21-16-12(14)8-22-25-16)7-11(17(26)24-18)10-6-9(19)2-3-13(10)20/h2-8H,1H3,(H,24,26)(H2,21,22,23,25). The van der Waals surface area contributed by atoms with Crippen molar-refractivity contribution in [2.75, 3.05) is 11.6 Å². The first-order valence-corrected chi connectivity index (χ1v) is 9.49. The first-order valence-electron chi connectivity index (χ1n) is 7.88. The highest BCUT2D eigenvalue weighted by molar-refractivity contribution is 7.98. The molecular weight excluding hydrogens is 389 g/mol. The lowest BCUT2D eigenvalue weighted by molar-refractivity contribution is 0.631. The van der Waals surface area contributed by atoms with Crippen molar-refractivity contribution < 1.29 is 4.39 Å². The van der Waals surface area contributed by atoms with Gasteiger partial charge in [-0.3, -0.25) is 9.89 Å². The zero-order chi connectivity index (χ0) is 19.0. The van der Waals surface area contributed by atoms with Gasteiger partial charge in [-0.2, -0.15) is 5.10 Å². The fraction of sp³-hybridized carbons (Fsp3) is 0.0556. The molecule has 0 radical (unpaired) electrons. The van der Waals surface area contributed by atoms with E-state index in [0.717, 1.165) is 11.1 Å². The third-order valence-corrected chi connectivity index (χ3v) is 5.02. The average molecular weight is 402 g/mol. The van der Waals surface area contributed by atoms with Gasteiger partial charge in [-0.15, -0.1) is 11.8 Å². The van der Waals surface area contributed by atoms with Crippen molar-refractivity contribution in [2.45, 2.75) is 5.03 Å². The quantitative estimate of drug-likeness (QED) is 0.436. The van der Waals surface area contributed by atoms with Crippen LogP contribution in [0, 0.1) is 5.82 Å². The van der Waals surface area contributed by atoms with Crippen molar-refractivity contribution >= 4 is 45.8 Å². The van der Waals surface area contributed by atoms with Crippen LogP contribution in [0.2, 0.25) is 5.02 Å². The van der Waals surface area contributed by atoms with Gasteiger partial charge >= 0.3 is 0 Å². The second kappa shape index (κ2) is 7.05. The van der Waals surface area contributed by atoms with Gasteiger partial charge in [-0.1, -0.05) is 11.6 Å². The lowest BCUT2D eigenvalue weighted by Gasteiger charge is -2.13. The number of benzene rings is 1. The number of fused-ring (bicyclic) bond motifs is 1. The predicted molar refractivity (Wildman–Crippen MR) is 106 cm³/mol. The number of rotatable bonds is 4. The van der Waals surface area contributed by atoms with Gasteiger partial charge in [0.1, 0.15) is 5.82 Å². The van der Waals surface area contributed by atoms with Crippen LogP contribution in [0.5, 0.6) is 0 Å². The lowest BCUT2D eigenvalue weighted by Crippen LogP contribution is -2.12. The predicted octanol–water partition coefficient (Wildman–Crippen LogP) is 4.57. The smallest absolute Gasteiger partial charge is 0.256 e. The Morgan fingerprint density at radius 2 is 2.04 bits per heavy atom. The molecule has 0 spiro atoms. The Hall–Kier alpha value is -2.84. The van der Waals surface area contributed by atoms with Gasteiger partial charge in [0.2, 0.25) is 0 Å². The summed E-state index contributed by atoms with van der Waals surface area (Å²) in [6.45, 7) is 0. The first kappa shape index (κ1) is 17.6. The van der Waals surface area contributed by atoms with Crippen LogP contribution in [0.3, 0.4) is 0 Å². The third kappa shape index (κ3) is 3.29. The van der Waals surface area contributed by atoms with E-state index < -0.39 is 11.4 Å². The highest BCUT2D eigenvalue weighted by Gasteiger charge is 2.15. The van der Waals surface area contributed by atoms with E-state index in [1.165, 1.54) is 30.0 Å². The van der Waals surface area contributed by atoms with E-state index in [0.29, 0.717) is 21.4 Å². The van der Waals surface area contributed by atoms with Crippen molar-refractivity contribution in [3.63, 3.8) is 0 Å². The van der Waals surface area contributed by atoms with E-state index in [1.54, 1.807) is 24.5 Å². The molecule has 0 amide bonds. The van der Waals surface area contributed by atoms with Crippen LogP contribution in [0.15, 0.2) is 52.5 Å². The number of nitrogens with one attached hydrogen (secondary N) is 3. The average Bonchev–Trinajstić information content (AvgIpc) is 3.15. The molecule has 0 unspecified atom stereocenters. The number of hydrogen-bond acceptors (Lipinski definition) is 5. The molecule has 3 aromatic heterocycles. The zero-order valence-corrected chi connectivity index (χ0v) is 15.6. The van der Waals surface area contributed by atoms with Gasteiger partial charge in [0.15, 0.2) is 5.65 Å². The molecule has 3 heterocycles. The third-order valence-electron chi connectivity index (χ3n) is 4.05. The van der Waals surface area contributed by atoms with Gasteiger partial charge < -0.3 is 10.3 Å². The van der Waals surface area contributed by atoms with E-state index in [9.17, 15) is 9.18 Å². The van der Waals surface area contributed by atoms with Crippen molar-refractivity contribution in [3.05, 3.63) is 63.9 Å². The number of aromatic nitrogens is 4. The van der Waals surface area contributed by atoms with E-state index in [2.05, 4.69) is 25.5 Å². The van der Waals surface area contributed by atoms with Crippen molar-refractivity contribution in [1.82, 2.24) is 20.2 Å². The minimum absolute atomic E-state index is 0.141. The summed E-state index contributed by atoms with van der Waals surface area (Å²) in [5.74, 6) is -0.520. The number of aromatic amines is 2. The Morgan fingerprint density at radius 1 is 1.19 bits per heavy atom. The summed E-state index contributed by atoms with van der Waals surface area (Å²) >= 11 is 7.35. The zero-order valence-electron chi connectivity index (χ0n) is 14.0. The summed E-state index contributed by atoms with van der Waals surface area (Å²) in [6.07, 6.45) is 5.15. The van der Waals surface area contributed by atoms with Crippen LogP contribution in [-0.4, -0.2) is 26.4 Å². The van der Waals surface area contributed by atoms with Gasteiger partial charge in [-0.05, 0) is 36.6 Å². The highest BCUT2D eigenvalue weighted by atomic mass is 35.5. The summed E-state index contributed by atoms with van der Waals surface area (Å²) in [5.41, 5.74) is 1.96. The van der Waals surface area contributed by atoms with Crippen molar-refractivity contribution in [3.8, 4) is 11.1 Å². The van der Waals surface area contributed by atoms with E-state index >= 15 is 0 Å². The number of halogens is 2. The summed E-state index contributed by atoms with van der Waals surface area (Å²) in [6, 6.07) is 7.53. The number of hydrogen-bond donors (Lipinski definition) is 3. The molecular formula is C18H13ClFN5OS. The molecule has 0 fully saturated rings. The molecule has 1 aromatic carbocycles. The van der Waals surface area contributed by atoms with Crippen LogP contribution < -0.4 is 10.9 Å². The molecule has 0 aliphatic rings. The number of anilines is 2. The Labute approximate surface area is 162 Å². The molecule has 0 bridgehead atoms. The Bertz CT molecular complexity index is 1210. The van der Waals surface area contributed by atoms with Gasteiger partial charge in [-0.25, -0.2) is 9.37 Å². The molecule has 6 nitrogen and oxygen atoms in total. The molecule has 4 rings (SSSR count). The van der Waals surface area contributed by atoms with Crippen LogP contribution in [0.4, 0.5) is 15.8 Å². The molecule has 27 heavy (non-hydrogen) atoms. The topological polar surface area (TPSA) is 86.5 Å². The Morgan fingerprint density at radius 3 is 2.85 bits per heavy atom.